The monoisotopic (exact) mass is 344 g/mol. The molecule has 0 aliphatic heterocycles. The highest BCUT2D eigenvalue weighted by Gasteiger charge is 2.33. The molecule has 25 heavy (non-hydrogen) atoms. The first-order chi connectivity index (χ1) is 12.0. The molecule has 3 aromatic rings. The number of halogens is 3. The second kappa shape index (κ2) is 6.65. The molecule has 0 radical (unpaired) electrons. The van der Waals surface area contributed by atoms with E-state index in [2.05, 4.69) is 15.4 Å². The van der Waals surface area contributed by atoms with Crippen molar-refractivity contribution >= 4 is 0 Å². The van der Waals surface area contributed by atoms with Gasteiger partial charge < -0.3 is 4.74 Å². The Hall–Kier alpha value is -3.34. The highest BCUT2D eigenvalue weighted by Crippen LogP contribution is 2.36. The van der Waals surface area contributed by atoms with Crippen LogP contribution in [0.2, 0.25) is 0 Å². The van der Waals surface area contributed by atoms with Crippen molar-refractivity contribution in [1.82, 2.24) is 15.4 Å². The van der Waals surface area contributed by atoms with Crippen LogP contribution in [0.1, 0.15) is 16.8 Å². The summed E-state index contributed by atoms with van der Waals surface area (Å²) in [4.78, 5) is 0. The molecule has 1 N–H and O–H groups in total. The summed E-state index contributed by atoms with van der Waals surface area (Å²) in [5.74, 6) is -0.237. The van der Waals surface area contributed by atoms with Crippen molar-refractivity contribution in [3.8, 4) is 23.1 Å². The second-order valence-corrected chi connectivity index (χ2v) is 5.13. The number of hydrogen-bond acceptors (Lipinski definition) is 4. The van der Waals surface area contributed by atoms with E-state index in [1.54, 1.807) is 24.3 Å². The predicted octanol–water partition coefficient (Wildman–Crippen LogP) is 3.94. The van der Waals surface area contributed by atoms with E-state index in [0.717, 1.165) is 6.07 Å². The topological polar surface area (TPSA) is 74.6 Å². The van der Waals surface area contributed by atoms with E-state index in [1.165, 1.54) is 18.2 Å². The number of aromatic nitrogens is 3. The molecule has 1 aromatic heterocycles. The molecule has 0 spiro atoms. The Bertz CT molecular complexity index is 928. The zero-order chi connectivity index (χ0) is 17.9. The molecule has 0 amide bonds. The van der Waals surface area contributed by atoms with Crippen LogP contribution in [0.15, 0.2) is 48.5 Å². The number of rotatable bonds is 4. The summed E-state index contributed by atoms with van der Waals surface area (Å²) >= 11 is 0. The molecule has 3 rings (SSSR count). The quantitative estimate of drug-likeness (QED) is 0.778. The number of nitrogens with one attached hydrogen (secondary N) is 1. The average Bonchev–Trinajstić information content (AvgIpc) is 3.08. The Morgan fingerprint density at radius 1 is 1.12 bits per heavy atom. The van der Waals surface area contributed by atoms with Gasteiger partial charge in [-0.15, -0.1) is 5.10 Å². The van der Waals surface area contributed by atoms with Gasteiger partial charge in [-0.05, 0) is 23.8 Å². The first-order valence-corrected chi connectivity index (χ1v) is 7.18. The van der Waals surface area contributed by atoms with Crippen LogP contribution in [0.3, 0.4) is 0 Å². The van der Waals surface area contributed by atoms with Gasteiger partial charge in [0.2, 0.25) is 0 Å². The van der Waals surface area contributed by atoms with Gasteiger partial charge in [0.15, 0.2) is 5.69 Å². The van der Waals surface area contributed by atoms with E-state index < -0.39 is 11.7 Å². The van der Waals surface area contributed by atoms with Crippen molar-refractivity contribution < 1.29 is 17.9 Å². The highest BCUT2D eigenvalue weighted by molar-refractivity contribution is 5.64. The first kappa shape index (κ1) is 16.5. The van der Waals surface area contributed by atoms with E-state index in [-0.39, 0.29) is 18.1 Å². The smallest absolute Gasteiger partial charge is 0.419 e. The summed E-state index contributed by atoms with van der Waals surface area (Å²) in [6, 6.07) is 13.8. The van der Waals surface area contributed by atoms with Crippen LogP contribution in [0.25, 0.3) is 11.3 Å². The van der Waals surface area contributed by atoms with Crippen molar-refractivity contribution in [3.05, 3.63) is 65.4 Å². The Labute approximate surface area is 140 Å². The van der Waals surface area contributed by atoms with Crippen molar-refractivity contribution in [2.24, 2.45) is 0 Å². The number of H-pyrrole nitrogens is 1. The van der Waals surface area contributed by atoms with Gasteiger partial charge in [-0.1, -0.05) is 35.5 Å². The maximum Gasteiger partial charge on any atom is 0.419 e. The summed E-state index contributed by atoms with van der Waals surface area (Å²) in [6.45, 7) is -0.0549. The Kier molecular flexibility index (Phi) is 4.39. The maximum absolute atomic E-state index is 13.0. The van der Waals surface area contributed by atoms with Crippen LogP contribution < -0.4 is 4.74 Å². The van der Waals surface area contributed by atoms with Crippen LogP contribution in [-0.4, -0.2) is 15.4 Å². The number of nitriles is 1. The Morgan fingerprint density at radius 3 is 2.68 bits per heavy atom. The molecule has 0 bridgehead atoms. The summed E-state index contributed by atoms with van der Waals surface area (Å²) < 4.78 is 44.3. The van der Waals surface area contributed by atoms with E-state index in [4.69, 9.17) is 10.00 Å². The summed E-state index contributed by atoms with van der Waals surface area (Å²) in [5.41, 5.74) is 1.02. The van der Waals surface area contributed by atoms with Crippen LogP contribution in [0.4, 0.5) is 13.2 Å². The molecular formula is C17H11F3N4O. The van der Waals surface area contributed by atoms with Gasteiger partial charge in [0.05, 0.1) is 5.56 Å². The van der Waals surface area contributed by atoms with Gasteiger partial charge in [-0.25, -0.2) is 5.10 Å². The lowest BCUT2D eigenvalue weighted by Crippen LogP contribution is -2.08. The molecular weight excluding hydrogens is 333 g/mol. The number of aromatic amines is 1. The maximum atomic E-state index is 13.0. The largest absolute Gasteiger partial charge is 0.488 e. The standard InChI is InChI=1S/C17H11F3N4O/c18-17(19,20)13-6-1-2-7-15(13)25-10-11-4-3-5-12(8-11)16-14(9-21)22-24-23-16/h1-8H,10H2,(H,22,23,24). The van der Waals surface area contributed by atoms with E-state index >= 15 is 0 Å². The van der Waals surface area contributed by atoms with Gasteiger partial charge in [0.25, 0.3) is 0 Å². The first-order valence-electron chi connectivity index (χ1n) is 7.18. The second-order valence-electron chi connectivity index (χ2n) is 5.13. The summed E-state index contributed by atoms with van der Waals surface area (Å²) in [5, 5.41) is 18.9. The normalized spacial score (nSPS) is 11.1. The molecule has 0 fully saturated rings. The third-order valence-electron chi connectivity index (χ3n) is 3.45. The van der Waals surface area contributed by atoms with Gasteiger partial charge in [0, 0.05) is 5.56 Å². The van der Waals surface area contributed by atoms with Crippen molar-refractivity contribution in [2.45, 2.75) is 12.8 Å². The fraction of sp³-hybridized carbons (Fsp3) is 0.118. The van der Waals surface area contributed by atoms with Crippen molar-refractivity contribution in [3.63, 3.8) is 0 Å². The molecule has 1 heterocycles. The lowest BCUT2D eigenvalue weighted by atomic mass is 10.1. The molecule has 126 valence electrons. The lowest BCUT2D eigenvalue weighted by molar-refractivity contribution is -0.139. The minimum absolute atomic E-state index is 0.0549. The van der Waals surface area contributed by atoms with E-state index in [1.807, 2.05) is 6.07 Å². The number of para-hydroxylation sites is 1. The fourth-order valence-corrected chi connectivity index (χ4v) is 2.30. The SMILES string of the molecule is N#Cc1[nH]nnc1-c1cccc(COc2ccccc2C(F)(F)F)c1. The number of nitrogens with zero attached hydrogens (tertiary/aromatic N) is 3. The van der Waals surface area contributed by atoms with Crippen LogP contribution in [-0.2, 0) is 12.8 Å². The van der Waals surface area contributed by atoms with Crippen LogP contribution in [0.5, 0.6) is 5.75 Å². The predicted molar refractivity (Wildman–Crippen MR) is 82.3 cm³/mol. The summed E-state index contributed by atoms with van der Waals surface area (Å²) in [7, 11) is 0. The number of ether oxygens (including phenoxy) is 1. The fourth-order valence-electron chi connectivity index (χ4n) is 2.30. The van der Waals surface area contributed by atoms with Crippen molar-refractivity contribution in [1.29, 1.82) is 5.26 Å². The molecule has 0 unspecified atom stereocenters. The molecule has 0 saturated heterocycles. The van der Waals surface area contributed by atoms with Gasteiger partial charge >= 0.3 is 6.18 Å². The lowest BCUT2D eigenvalue weighted by Gasteiger charge is -2.14. The minimum atomic E-state index is -4.49. The molecule has 2 aromatic carbocycles. The van der Waals surface area contributed by atoms with E-state index in [0.29, 0.717) is 16.8 Å². The highest BCUT2D eigenvalue weighted by atomic mass is 19.4. The van der Waals surface area contributed by atoms with Gasteiger partial charge in [-0.2, -0.15) is 18.4 Å². The Morgan fingerprint density at radius 2 is 1.92 bits per heavy atom. The van der Waals surface area contributed by atoms with Gasteiger partial charge in [-0.3, -0.25) is 0 Å². The zero-order valence-corrected chi connectivity index (χ0v) is 12.7. The zero-order valence-electron chi connectivity index (χ0n) is 12.7. The number of alkyl halides is 3. The number of hydrogen-bond donors (Lipinski definition) is 1. The molecule has 0 atom stereocenters. The third kappa shape index (κ3) is 3.61. The van der Waals surface area contributed by atoms with E-state index in [9.17, 15) is 13.2 Å². The molecule has 0 saturated carbocycles. The summed E-state index contributed by atoms with van der Waals surface area (Å²) in [6.07, 6.45) is -4.49. The molecule has 5 nitrogen and oxygen atoms in total. The third-order valence-corrected chi connectivity index (χ3v) is 3.45. The van der Waals surface area contributed by atoms with Crippen LogP contribution >= 0.6 is 0 Å². The molecule has 0 aliphatic carbocycles. The molecule has 8 heteroatoms. The minimum Gasteiger partial charge on any atom is -0.488 e. The van der Waals surface area contributed by atoms with Crippen molar-refractivity contribution in [2.75, 3.05) is 0 Å². The number of benzene rings is 2. The average molecular weight is 344 g/mol. The van der Waals surface area contributed by atoms with Crippen LogP contribution in [0, 0.1) is 11.3 Å². The Balaban J connectivity index is 1.82. The van der Waals surface area contributed by atoms with Gasteiger partial charge in [0.1, 0.15) is 24.1 Å². The molecule has 0 aliphatic rings.